The maximum atomic E-state index is 11.6. The van der Waals surface area contributed by atoms with Gasteiger partial charge in [0.15, 0.2) is 0 Å². The molecule has 1 aliphatic heterocycles. The molecule has 1 amide bonds. The van der Waals surface area contributed by atoms with Crippen LogP contribution in [0.3, 0.4) is 0 Å². The van der Waals surface area contributed by atoms with Gasteiger partial charge < -0.3 is 9.30 Å². The Balaban J connectivity index is 1.97. The van der Waals surface area contributed by atoms with Gasteiger partial charge >= 0.3 is 0 Å². The van der Waals surface area contributed by atoms with Gasteiger partial charge in [-0.1, -0.05) is 6.07 Å². The average molecular weight is 257 g/mol. The molecule has 100 valence electrons. The first-order valence-corrected chi connectivity index (χ1v) is 6.85. The summed E-state index contributed by atoms with van der Waals surface area (Å²) in [6, 6.07) is 6.24. The summed E-state index contributed by atoms with van der Waals surface area (Å²) >= 11 is 0. The first-order chi connectivity index (χ1) is 9.15. The van der Waals surface area contributed by atoms with Crippen molar-refractivity contribution in [3.05, 3.63) is 35.8 Å². The Morgan fingerprint density at radius 2 is 2.26 bits per heavy atom. The molecule has 0 radical (unpaired) electrons. The molecule has 19 heavy (non-hydrogen) atoms. The quantitative estimate of drug-likeness (QED) is 0.786. The molecule has 3 rings (SSSR count). The zero-order valence-corrected chi connectivity index (χ0v) is 11.5. The van der Waals surface area contributed by atoms with Crippen molar-refractivity contribution in [3.63, 3.8) is 0 Å². The second-order valence-corrected chi connectivity index (χ2v) is 5.37. The van der Waals surface area contributed by atoms with E-state index in [1.807, 2.05) is 17.9 Å². The lowest BCUT2D eigenvalue weighted by Crippen LogP contribution is -2.38. The van der Waals surface area contributed by atoms with E-state index in [1.165, 1.54) is 5.69 Å². The predicted molar refractivity (Wildman–Crippen MR) is 74.2 cm³/mol. The maximum absolute atomic E-state index is 11.6. The summed E-state index contributed by atoms with van der Waals surface area (Å²) in [6.07, 6.45) is 4.30. The van der Waals surface area contributed by atoms with Gasteiger partial charge in [0, 0.05) is 37.8 Å². The van der Waals surface area contributed by atoms with Gasteiger partial charge in [0.1, 0.15) is 5.65 Å². The summed E-state index contributed by atoms with van der Waals surface area (Å²) in [6.45, 7) is 5.39. The van der Waals surface area contributed by atoms with Crippen molar-refractivity contribution in [3.8, 4) is 0 Å². The fourth-order valence-corrected chi connectivity index (χ4v) is 2.99. The second kappa shape index (κ2) is 4.68. The largest absolute Gasteiger partial charge is 0.342 e. The van der Waals surface area contributed by atoms with Gasteiger partial charge in [-0.2, -0.15) is 0 Å². The smallest absolute Gasteiger partial charge is 0.219 e. The third kappa shape index (κ3) is 2.23. The lowest BCUT2D eigenvalue weighted by Gasteiger charge is -2.32. The van der Waals surface area contributed by atoms with E-state index in [1.54, 1.807) is 6.92 Å². The lowest BCUT2D eigenvalue weighted by atomic mass is 9.94. The van der Waals surface area contributed by atoms with Gasteiger partial charge in [0.05, 0.1) is 5.69 Å². The van der Waals surface area contributed by atoms with E-state index in [-0.39, 0.29) is 5.91 Å². The lowest BCUT2D eigenvalue weighted by molar-refractivity contribution is -0.130. The molecule has 1 atom stereocenters. The summed E-state index contributed by atoms with van der Waals surface area (Å²) in [7, 11) is 0. The molecule has 4 nitrogen and oxygen atoms in total. The number of imidazole rings is 1. The number of nitrogens with zero attached hydrogens (tertiary/aromatic N) is 3. The molecule has 0 N–H and O–H groups in total. The van der Waals surface area contributed by atoms with E-state index >= 15 is 0 Å². The van der Waals surface area contributed by atoms with Crippen LogP contribution in [0, 0.1) is 6.92 Å². The molecule has 0 saturated carbocycles. The first-order valence-electron chi connectivity index (χ1n) is 6.85. The van der Waals surface area contributed by atoms with Crippen molar-refractivity contribution in [1.29, 1.82) is 0 Å². The van der Waals surface area contributed by atoms with E-state index in [0.717, 1.165) is 37.3 Å². The summed E-state index contributed by atoms with van der Waals surface area (Å²) < 4.78 is 2.17. The molecule has 0 spiro atoms. The van der Waals surface area contributed by atoms with Crippen LogP contribution in [0.15, 0.2) is 24.4 Å². The number of likely N-dealkylation sites (tertiary alicyclic amines) is 1. The Hall–Kier alpha value is -1.84. The molecule has 2 aromatic heterocycles. The number of hydrogen-bond acceptors (Lipinski definition) is 2. The minimum absolute atomic E-state index is 0.179. The number of aromatic nitrogens is 2. The third-order valence-corrected chi connectivity index (χ3v) is 3.93. The van der Waals surface area contributed by atoms with Crippen LogP contribution in [0.5, 0.6) is 0 Å². The molecule has 0 bridgehead atoms. The average Bonchev–Trinajstić information content (AvgIpc) is 2.78. The third-order valence-electron chi connectivity index (χ3n) is 3.93. The van der Waals surface area contributed by atoms with Crippen molar-refractivity contribution in [1.82, 2.24) is 14.3 Å². The van der Waals surface area contributed by atoms with Crippen LogP contribution in [0.1, 0.15) is 37.1 Å². The molecule has 1 saturated heterocycles. The molecule has 1 unspecified atom stereocenters. The van der Waals surface area contributed by atoms with E-state index in [4.69, 9.17) is 0 Å². The van der Waals surface area contributed by atoms with Crippen molar-refractivity contribution in [2.75, 3.05) is 13.1 Å². The first kappa shape index (κ1) is 12.2. The molecule has 4 heteroatoms. The van der Waals surface area contributed by atoms with E-state index in [9.17, 15) is 4.79 Å². The van der Waals surface area contributed by atoms with Gasteiger partial charge in [-0.05, 0) is 31.9 Å². The molecule has 2 aromatic rings. The summed E-state index contributed by atoms with van der Waals surface area (Å²) in [5, 5.41) is 0. The van der Waals surface area contributed by atoms with Crippen LogP contribution in [0.4, 0.5) is 0 Å². The Morgan fingerprint density at radius 3 is 3.05 bits per heavy atom. The summed E-state index contributed by atoms with van der Waals surface area (Å²) in [5.74, 6) is 0.591. The highest BCUT2D eigenvalue weighted by atomic mass is 16.2. The van der Waals surface area contributed by atoms with Crippen LogP contribution < -0.4 is 0 Å². The number of fused-ring (bicyclic) bond motifs is 1. The number of amides is 1. The molecular weight excluding hydrogens is 238 g/mol. The SMILES string of the molecule is CC(=O)N1CCCC(c2cccc3nc(C)cn23)C1. The molecule has 1 fully saturated rings. The van der Waals surface area contributed by atoms with Crippen LogP contribution >= 0.6 is 0 Å². The Bertz CT molecular complexity index is 617. The van der Waals surface area contributed by atoms with Crippen LogP contribution in [0.25, 0.3) is 5.65 Å². The number of carbonyl (C=O) groups excluding carboxylic acids is 1. The summed E-state index contributed by atoms with van der Waals surface area (Å²) in [4.78, 5) is 18.0. The number of carbonyl (C=O) groups is 1. The van der Waals surface area contributed by atoms with Gasteiger partial charge in [-0.15, -0.1) is 0 Å². The van der Waals surface area contributed by atoms with Crippen LogP contribution in [-0.2, 0) is 4.79 Å². The number of piperidine rings is 1. The number of hydrogen-bond donors (Lipinski definition) is 0. The van der Waals surface area contributed by atoms with E-state index in [0.29, 0.717) is 5.92 Å². The molecule has 0 aromatic carbocycles. The molecule has 1 aliphatic rings. The van der Waals surface area contributed by atoms with Gasteiger partial charge in [0.25, 0.3) is 0 Å². The van der Waals surface area contributed by atoms with Gasteiger partial charge in [-0.3, -0.25) is 4.79 Å². The van der Waals surface area contributed by atoms with Crippen LogP contribution in [-0.4, -0.2) is 33.3 Å². The fourth-order valence-electron chi connectivity index (χ4n) is 2.99. The van der Waals surface area contributed by atoms with Crippen molar-refractivity contribution in [2.45, 2.75) is 32.6 Å². The summed E-state index contributed by atoms with van der Waals surface area (Å²) in [5.41, 5.74) is 3.30. The molecular formula is C15H19N3O. The minimum atomic E-state index is 0.179. The van der Waals surface area contributed by atoms with Gasteiger partial charge in [0.2, 0.25) is 5.91 Å². The zero-order valence-electron chi connectivity index (χ0n) is 11.5. The van der Waals surface area contributed by atoms with Crippen molar-refractivity contribution < 1.29 is 4.79 Å². The normalized spacial score (nSPS) is 19.9. The maximum Gasteiger partial charge on any atom is 0.219 e. The highest BCUT2D eigenvalue weighted by Crippen LogP contribution is 2.27. The van der Waals surface area contributed by atoms with Crippen molar-refractivity contribution in [2.24, 2.45) is 0 Å². The van der Waals surface area contributed by atoms with Crippen LogP contribution in [0.2, 0.25) is 0 Å². The number of aryl methyl sites for hydroxylation is 1. The predicted octanol–water partition coefficient (Wildman–Crippen LogP) is 2.37. The number of pyridine rings is 1. The standard InChI is InChI=1S/C15H19N3O/c1-11-9-18-14(6-3-7-15(18)16-11)13-5-4-8-17(10-13)12(2)19/h3,6-7,9,13H,4-5,8,10H2,1-2H3. The highest BCUT2D eigenvalue weighted by Gasteiger charge is 2.24. The number of rotatable bonds is 1. The Labute approximate surface area is 113 Å². The highest BCUT2D eigenvalue weighted by molar-refractivity contribution is 5.73. The Kier molecular flexibility index (Phi) is 3.01. The topological polar surface area (TPSA) is 37.6 Å². The fraction of sp³-hybridized carbons (Fsp3) is 0.467. The molecule has 0 aliphatic carbocycles. The molecule has 3 heterocycles. The zero-order chi connectivity index (χ0) is 13.4. The monoisotopic (exact) mass is 257 g/mol. The van der Waals surface area contributed by atoms with E-state index < -0.39 is 0 Å². The minimum Gasteiger partial charge on any atom is -0.342 e. The Morgan fingerprint density at radius 1 is 1.42 bits per heavy atom. The van der Waals surface area contributed by atoms with E-state index in [2.05, 4.69) is 27.7 Å². The van der Waals surface area contributed by atoms with Gasteiger partial charge in [-0.25, -0.2) is 4.98 Å². The van der Waals surface area contributed by atoms with Crippen molar-refractivity contribution >= 4 is 11.6 Å². The second-order valence-electron chi connectivity index (χ2n) is 5.37.